The van der Waals surface area contributed by atoms with Gasteiger partial charge in [0.25, 0.3) is 0 Å². The van der Waals surface area contributed by atoms with E-state index in [1.54, 1.807) is 0 Å². The monoisotopic (exact) mass is 1060 g/mol. The lowest BCUT2D eigenvalue weighted by molar-refractivity contribution is -0.390. The van der Waals surface area contributed by atoms with Crippen LogP contribution in [0, 0.1) is 0 Å². The molecule has 33 heteroatoms. The van der Waals surface area contributed by atoms with E-state index in [1.807, 2.05) is 0 Å². The molecular formula is C39H69NO32. The first-order chi connectivity index (χ1) is 34.1. The number of hydrogen-bond acceptors (Lipinski definition) is 32. The predicted molar refractivity (Wildman–Crippen MR) is 219 cm³/mol. The minimum Gasteiger partial charge on any atom is -0.479 e. The number of hydrogen-bond donors (Lipinski definition) is 20. The molecular weight excluding hydrogens is 994 g/mol. The predicted octanol–water partition coefficient (Wildman–Crippen LogP) is -13.4. The molecule has 0 aromatic heterocycles. The van der Waals surface area contributed by atoms with E-state index >= 15 is 0 Å². The second-order valence-corrected chi connectivity index (χ2v) is 17.4. The smallest absolute Gasteiger partial charge is 0.335 e. The summed E-state index contributed by atoms with van der Waals surface area (Å²) in [6.07, 6.45) is -55.6. The Hall–Kier alpha value is -1.77. The van der Waals surface area contributed by atoms with Crippen molar-refractivity contribution in [3.8, 4) is 0 Å². The molecule has 5 aliphatic heterocycles. The van der Waals surface area contributed by atoms with E-state index in [-0.39, 0.29) is 13.2 Å². The van der Waals surface area contributed by atoms with Crippen LogP contribution in [0.2, 0.25) is 0 Å². The van der Waals surface area contributed by atoms with E-state index in [0.29, 0.717) is 0 Å². The average molecular weight is 1060 g/mol. The van der Waals surface area contributed by atoms with Crippen molar-refractivity contribution in [1.82, 2.24) is 0 Å². The average Bonchev–Trinajstić information content (AvgIpc) is 3.36. The van der Waals surface area contributed by atoms with Gasteiger partial charge < -0.3 is 160 Å². The molecule has 0 bridgehead atoms. The zero-order valence-electron chi connectivity index (χ0n) is 38.3. The lowest BCUT2D eigenvalue weighted by Crippen LogP contribution is -2.68. The van der Waals surface area contributed by atoms with Crippen LogP contribution in [0.1, 0.15) is 6.92 Å². The molecule has 0 aromatic rings. The van der Waals surface area contributed by atoms with E-state index < -0.39 is 224 Å². The number of aliphatic hydroxyl groups is 18. The summed E-state index contributed by atoms with van der Waals surface area (Å²) >= 11 is 0. The van der Waals surface area contributed by atoms with E-state index in [4.69, 9.17) is 62.6 Å². The maximum Gasteiger partial charge on any atom is 0.335 e. The first kappa shape index (κ1) is 61.1. The molecule has 422 valence electrons. The Morgan fingerprint density at radius 2 is 0.903 bits per heavy atom. The van der Waals surface area contributed by atoms with E-state index in [0.717, 1.165) is 0 Å². The Bertz CT molecular complexity index is 1610. The summed E-state index contributed by atoms with van der Waals surface area (Å²) in [5.74, 6) is -1.92. The van der Waals surface area contributed by atoms with Gasteiger partial charge in [0.15, 0.2) is 43.8 Å². The van der Waals surface area contributed by atoms with Gasteiger partial charge in [-0.05, 0) is 6.92 Å². The lowest BCUT2D eigenvalue weighted by atomic mass is 9.95. The normalized spacial score (nSPS) is 45.8. The van der Waals surface area contributed by atoms with Crippen LogP contribution in [0.15, 0.2) is 0 Å². The van der Waals surface area contributed by atoms with Gasteiger partial charge in [-0.25, -0.2) is 4.79 Å². The van der Waals surface area contributed by atoms with Crippen molar-refractivity contribution in [2.24, 2.45) is 5.73 Å². The Balaban J connectivity index is 1.23. The molecule has 21 N–H and O–H groups in total. The summed E-state index contributed by atoms with van der Waals surface area (Å²) in [5, 5.41) is 200. The van der Waals surface area contributed by atoms with Gasteiger partial charge in [-0.3, -0.25) is 0 Å². The third-order valence-electron chi connectivity index (χ3n) is 12.5. The standard InChI is InChI=1S/C39H69NO32/c1-10(62-36-23(54)18(49)17(48)13(6-43)64-36)12(5-42)63-34(11(47)4-41)71-31-22(53)27(58)39(72-32(31)33(59)60)70-30-16(9-46)67-38(26(57)21(30)52)69-29-15(8-45)66-37(25(56)20(29)51)68-28-14(7-44)65-35(61-3-2-40)24(55)19(28)50/h10-32,34-39,41-58H,2-9,40H2,1H3,(H,59,60)/t10-,11+,12?,13?,14?,15?,16?,17?,18?,19?,20?,21?,22?,23?,24?,25?,26?,27?,28?,29?,30?,31?,32?,34?,35?,36?,37?,38?,39?/m1/s1. The number of rotatable bonds is 24. The molecule has 5 heterocycles. The molecule has 0 aliphatic carbocycles. The zero-order chi connectivity index (χ0) is 53.5. The highest BCUT2D eigenvalue weighted by Gasteiger charge is 2.57. The molecule has 0 radical (unpaired) electrons. The molecule has 5 fully saturated rings. The molecule has 72 heavy (non-hydrogen) atoms. The van der Waals surface area contributed by atoms with Crippen molar-refractivity contribution in [3.05, 3.63) is 0 Å². The molecule has 27 unspecified atom stereocenters. The number of aliphatic hydroxyl groups excluding tert-OH is 18. The van der Waals surface area contributed by atoms with Crippen LogP contribution in [0.3, 0.4) is 0 Å². The van der Waals surface area contributed by atoms with E-state index in [1.165, 1.54) is 6.92 Å². The van der Waals surface area contributed by atoms with Crippen molar-refractivity contribution >= 4 is 5.97 Å². The number of carboxylic acids is 1. The van der Waals surface area contributed by atoms with Crippen LogP contribution in [0.4, 0.5) is 0 Å². The van der Waals surface area contributed by atoms with Gasteiger partial charge in [0, 0.05) is 6.54 Å². The topological polar surface area (TPSA) is 538 Å². The quantitative estimate of drug-likeness (QED) is 0.0399. The molecule has 5 aliphatic rings. The van der Waals surface area contributed by atoms with E-state index in [2.05, 4.69) is 0 Å². The highest BCUT2D eigenvalue weighted by atomic mass is 16.8. The molecule has 0 spiro atoms. The number of aliphatic carboxylic acids is 1. The lowest BCUT2D eigenvalue weighted by Gasteiger charge is -2.49. The Labute approximate surface area is 408 Å². The van der Waals surface area contributed by atoms with Crippen LogP contribution in [0.25, 0.3) is 0 Å². The van der Waals surface area contributed by atoms with Gasteiger partial charge in [-0.1, -0.05) is 0 Å². The minimum absolute atomic E-state index is 0.0181. The molecule has 0 aromatic carbocycles. The van der Waals surface area contributed by atoms with Gasteiger partial charge in [-0.15, -0.1) is 0 Å². The number of carbonyl (C=O) groups is 1. The fraction of sp³-hybridized carbons (Fsp3) is 0.974. The van der Waals surface area contributed by atoms with Crippen molar-refractivity contribution in [3.63, 3.8) is 0 Å². The van der Waals surface area contributed by atoms with Gasteiger partial charge in [0.2, 0.25) is 0 Å². The summed E-state index contributed by atoms with van der Waals surface area (Å²) in [7, 11) is 0. The molecule has 5 saturated heterocycles. The second-order valence-electron chi connectivity index (χ2n) is 17.4. The van der Waals surface area contributed by atoms with Gasteiger partial charge >= 0.3 is 5.97 Å². The van der Waals surface area contributed by atoms with Crippen molar-refractivity contribution in [2.75, 3.05) is 52.8 Å². The van der Waals surface area contributed by atoms with Crippen LogP contribution in [0.5, 0.6) is 0 Å². The summed E-state index contributed by atoms with van der Waals surface area (Å²) in [4.78, 5) is 12.6. The first-order valence-corrected chi connectivity index (χ1v) is 22.7. The Kier molecular flexibility index (Phi) is 23.3. The van der Waals surface area contributed by atoms with Gasteiger partial charge in [0.1, 0.15) is 128 Å². The summed E-state index contributed by atoms with van der Waals surface area (Å²) < 4.78 is 66.1. The summed E-state index contributed by atoms with van der Waals surface area (Å²) in [5.41, 5.74) is 5.40. The third-order valence-corrected chi connectivity index (χ3v) is 12.5. The maximum atomic E-state index is 12.6. The highest BCUT2D eigenvalue weighted by molar-refractivity contribution is 5.73. The highest BCUT2D eigenvalue weighted by Crippen LogP contribution is 2.35. The van der Waals surface area contributed by atoms with Crippen LogP contribution in [-0.4, -0.2) is 334 Å². The van der Waals surface area contributed by atoms with Gasteiger partial charge in [-0.2, -0.15) is 0 Å². The van der Waals surface area contributed by atoms with E-state index in [9.17, 15) is 102 Å². The molecule has 0 amide bonds. The fourth-order valence-corrected chi connectivity index (χ4v) is 8.38. The number of ether oxygens (including phenoxy) is 12. The summed E-state index contributed by atoms with van der Waals surface area (Å²) in [6, 6.07) is 0. The largest absolute Gasteiger partial charge is 0.479 e. The SMILES string of the molecule is C[C@@H](OC1OC(CO)C(O)C(O)C1O)C(CO)OC(OC1C(C(=O)O)OC(OC2C(CO)OC(OC3C(CO)OC(OC4C(CO)OC(OCCN)C(O)C4O)C(O)C3O)C(O)C2O)C(O)C1O)[C@@H](O)CO. The molecule has 29 atom stereocenters. The third kappa shape index (κ3) is 13.7. The molecule has 33 nitrogen and oxygen atoms in total. The van der Waals surface area contributed by atoms with Crippen molar-refractivity contribution in [2.45, 2.75) is 185 Å². The minimum atomic E-state index is -2.38. The van der Waals surface area contributed by atoms with Crippen LogP contribution < -0.4 is 5.73 Å². The number of nitrogens with two attached hydrogens (primary N) is 1. The fourth-order valence-electron chi connectivity index (χ4n) is 8.38. The van der Waals surface area contributed by atoms with Crippen LogP contribution in [-0.2, 0) is 61.6 Å². The summed E-state index contributed by atoms with van der Waals surface area (Å²) in [6.45, 7) is -4.73. The van der Waals surface area contributed by atoms with Gasteiger partial charge in [0.05, 0.1) is 52.4 Å². The molecule has 5 rings (SSSR count). The van der Waals surface area contributed by atoms with Crippen LogP contribution >= 0.6 is 0 Å². The zero-order valence-corrected chi connectivity index (χ0v) is 38.3. The maximum absolute atomic E-state index is 12.6. The van der Waals surface area contributed by atoms with Crippen molar-refractivity contribution < 1.29 is 159 Å². The Morgan fingerprint density at radius 1 is 0.500 bits per heavy atom. The second kappa shape index (κ2) is 27.5. The van der Waals surface area contributed by atoms with Crippen molar-refractivity contribution in [1.29, 1.82) is 0 Å². The molecule has 0 saturated carbocycles. The Morgan fingerprint density at radius 3 is 1.32 bits per heavy atom. The first-order valence-electron chi connectivity index (χ1n) is 22.7. The number of carboxylic acid groups (broad SMARTS) is 1.